The van der Waals surface area contributed by atoms with E-state index >= 15 is 0 Å². The Morgan fingerprint density at radius 1 is 0.741 bits per heavy atom. The molecule has 1 rings (SSSR count). The van der Waals surface area contributed by atoms with Crippen molar-refractivity contribution in [2.45, 2.75) is 122 Å². The first-order valence-corrected chi connectivity index (χ1v) is 11.6. The standard InChI is InChI=1S/C24H42O3/c1-2-3-4-5-6-7-8-9-10-11-12-13-14-15-16-17-18-19-20-22-21-23(25)27-24(22)26/h12-13,22H,2-11,14-21H2,1H3/b13-12+. The molecule has 3 heteroatoms. The summed E-state index contributed by atoms with van der Waals surface area (Å²) in [5.41, 5.74) is 0. The summed E-state index contributed by atoms with van der Waals surface area (Å²) in [6.45, 7) is 2.27. The van der Waals surface area contributed by atoms with Gasteiger partial charge in [-0.1, -0.05) is 96.1 Å². The molecule has 0 aromatic carbocycles. The molecule has 0 aromatic rings. The van der Waals surface area contributed by atoms with Crippen molar-refractivity contribution in [1.82, 2.24) is 0 Å². The Morgan fingerprint density at radius 3 is 1.70 bits per heavy atom. The van der Waals surface area contributed by atoms with E-state index in [9.17, 15) is 9.59 Å². The second-order valence-electron chi connectivity index (χ2n) is 8.13. The summed E-state index contributed by atoms with van der Waals surface area (Å²) in [7, 11) is 0. The molecule has 1 heterocycles. The molecular formula is C24H42O3. The SMILES string of the molecule is CCCCCCCCCCC/C=C/CCCCCCCC1CC(=O)OC1=O. The molecule has 0 aromatic heterocycles. The minimum atomic E-state index is -0.348. The number of cyclic esters (lactones) is 2. The zero-order valence-electron chi connectivity index (χ0n) is 17.7. The van der Waals surface area contributed by atoms with Gasteiger partial charge in [0.05, 0.1) is 12.3 Å². The summed E-state index contributed by atoms with van der Waals surface area (Å²) in [6, 6.07) is 0. The summed E-state index contributed by atoms with van der Waals surface area (Å²) >= 11 is 0. The van der Waals surface area contributed by atoms with Crippen molar-refractivity contribution < 1.29 is 14.3 Å². The maximum atomic E-state index is 11.3. The van der Waals surface area contributed by atoms with Crippen LogP contribution in [0.2, 0.25) is 0 Å². The van der Waals surface area contributed by atoms with Gasteiger partial charge < -0.3 is 4.74 Å². The molecule has 1 saturated heterocycles. The first kappa shape index (κ1) is 23.9. The maximum Gasteiger partial charge on any atom is 0.317 e. The number of rotatable bonds is 18. The van der Waals surface area contributed by atoms with Crippen LogP contribution in [0.3, 0.4) is 0 Å². The van der Waals surface area contributed by atoms with Crippen molar-refractivity contribution in [3.05, 3.63) is 12.2 Å². The van der Waals surface area contributed by atoms with Crippen molar-refractivity contribution >= 4 is 11.9 Å². The van der Waals surface area contributed by atoms with E-state index in [1.165, 1.54) is 89.9 Å². The molecule has 1 fully saturated rings. The smallest absolute Gasteiger partial charge is 0.317 e. The number of hydrogen-bond acceptors (Lipinski definition) is 3. The van der Waals surface area contributed by atoms with E-state index in [-0.39, 0.29) is 17.9 Å². The van der Waals surface area contributed by atoms with Crippen LogP contribution in [0.1, 0.15) is 122 Å². The first-order chi connectivity index (χ1) is 13.2. The van der Waals surface area contributed by atoms with Gasteiger partial charge in [-0.2, -0.15) is 0 Å². The quantitative estimate of drug-likeness (QED) is 0.109. The summed E-state index contributed by atoms with van der Waals surface area (Å²) in [6.07, 6.45) is 26.8. The number of unbranched alkanes of at least 4 members (excludes halogenated alkanes) is 14. The van der Waals surface area contributed by atoms with Crippen LogP contribution in [0, 0.1) is 5.92 Å². The molecule has 0 spiro atoms. The third-order valence-corrected chi connectivity index (χ3v) is 5.53. The Balaban J connectivity index is 1.75. The van der Waals surface area contributed by atoms with Crippen LogP contribution in [0.25, 0.3) is 0 Å². The molecule has 156 valence electrons. The molecule has 0 radical (unpaired) electrons. The Bertz CT molecular complexity index is 414. The molecule has 0 saturated carbocycles. The molecule has 0 aliphatic carbocycles. The number of hydrogen-bond donors (Lipinski definition) is 0. The van der Waals surface area contributed by atoms with Crippen molar-refractivity contribution in [3.63, 3.8) is 0 Å². The molecule has 1 aliphatic rings. The van der Waals surface area contributed by atoms with Crippen LogP contribution in [0.15, 0.2) is 12.2 Å². The first-order valence-electron chi connectivity index (χ1n) is 11.6. The van der Waals surface area contributed by atoms with Crippen molar-refractivity contribution in [1.29, 1.82) is 0 Å². The third-order valence-electron chi connectivity index (χ3n) is 5.53. The fourth-order valence-electron chi connectivity index (χ4n) is 3.73. The zero-order chi connectivity index (χ0) is 19.6. The highest BCUT2D eigenvalue weighted by atomic mass is 16.6. The number of esters is 2. The van der Waals surface area contributed by atoms with E-state index in [2.05, 4.69) is 23.8 Å². The maximum absolute atomic E-state index is 11.3. The molecule has 27 heavy (non-hydrogen) atoms. The van der Waals surface area contributed by atoms with Gasteiger partial charge in [0.25, 0.3) is 0 Å². The molecule has 3 nitrogen and oxygen atoms in total. The lowest BCUT2D eigenvalue weighted by Gasteiger charge is -2.04. The average Bonchev–Trinajstić information content (AvgIpc) is 2.98. The van der Waals surface area contributed by atoms with Crippen molar-refractivity contribution in [3.8, 4) is 0 Å². The Kier molecular flexibility index (Phi) is 15.1. The minimum absolute atomic E-state index is 0.165. The molecular weight excluding hydrogens is 336 g/mol. The second-order valence-corrected chi connectivity index (χ2v) is 8.13. The van der Waals surface area contributed by atoms with Crippen LogP contribution < -0.4 is 0 Å². The minimum Gasteiger partial charge on any atom is -0.393 e. The predicted octanol–water partition coefficient (Wildman–Crippen LogP) is 7.28. The summed E-state index contributed by atoms with van der Waals surface area (Å²) in [4.78, 5) is 22.4. The Hall–Kier alpha value is -1.12. The van der Waals surface area contributed by atoms with E-state index in [1.54, 1.807) is 0 Å². The van der Waals surface area contributed by atoms with E-state index in [4.69, 9.17) is 0 Å². The van der Waals surface area contributed by atoms with Gasteiger partial charge in [-0.25, -0.2) is 0 Å². The lowest BCUT2D eigenvalue weighted by Crippen LogP contribution is -2.06. The topological polar surface area (TPSA) is 43.4 Å². The number of carbonyl (C=O) groups excluding carboxylic acids is 2. The normalized spacial score (nSPS) is 17.1. The van der Waals surface area contributed by atoms with Gasteiger partial charge in [-0.15, -0.1) is 0 Å². The fourth-order valence-corrected chi connectivity index (χ4v) is 3.73. The van der Waals surface area contributed by atoms with Gasteiger partial charge >= 0.3 is 11.9 Å². The van der Waals surface area contributed by atoms with Gasteiger partial charge in [0.2, 0.25) is 0 Å². The Labute approximate surface area is 167 Å². The lowest BCUT2D eigenvalue weighted by molar-refractivity contribution is -0.153. The second kappa shape index (κ2) is 17.0. The van der Waals surface area contributed by atoms with Crippen LogP contribution in [-0.2, 0) is 14.3 Å². The monoisotopic (exact) mass is 378 g/mol. The highest BCUT2D eigenvalue weighted by molar-refractivity contribution is 5.94. The van der Waals surface area contributed by atoms with Gasteiger partial charge in [-0.05, 0) is 32.1 Å². The Morgan fingerprint density at radius 2 is 1.22 bits per heavy atom. The average molecular weight is 379 g/mol. The summed E-state index contributed by atoms with van der Waals surface area (Å²) in [5.74, 6) is -0.821. The molecule has 0 N–H and O–H groups in total. The molecule has 0 bridgehead atoms. The van der Waals surface area contributed by atoms with Crippen LogP contribution in [0.4, 0.5) is 0 Å². The molecule has 1 unspecified atom stereocenters. The predicted molar refractivity (Wildman–Crippen MR) is 113 cm³/mol. The number of ether oxygens (including phenoxy) is 1. The summed E-state index contributed by atoms with van der Waals surface area (Å²) < 4.78 is 4.58. The van der Waals surface area contributed by atoms with Crippen molar-refractivity contribution in [2.75, 3.05) is 0 Å². The molecule has 1 aliphatic heterocycles. The summed E-state index contributed by atoms with van der Waals surface area (Å²) in [5, 5.41) is 0. The molecule has 1 atom stereocenters. The fraction of sp³-hybridized carbons (Fsp3) is 0.833. The van der Waals surface area contributed by atoms with Gasteiger partial charge in [0.15, 0.2) is 0 Å². The molecule has 0 amide bonds. The van der Waals surface area contributed by atoms with E-state index in [1.807, 2.05) is 0 Å². The third kappa shape index (κ3) is 13.7. The van der Waals surface area contributed by atoms with Crippen LogP contribution in [-0.4, -0.2) is 11.9 Å². The van der Waals surface area contributed by atoms with E-state index < -0.39 is 0 Å². The highest BCUT2D eigenvalue weighted by Crippen LogP contribution is 2.22. The van der Waals surface area contributed by atoms with E-state index in [0.717, 1.165) is 19.3 Å². The van der Waals surface area contributed by atoms with E-state index in [0.29, 0.717) is 6.42 Å². The van der Waals surface area contributed by atoms with Gasteiger partial charge in [0.1, 0.15) is 0 Å². The largest absolute Gasteiger partial charge is 0.393 e. The number of carbonyl (C=O) groups is 2. The van der Waals surface area contributed by atoms with Crippen molar-refractivity contribution in [2.24, 2.45) is 5.92 Å². The zero-order valence-corrected chi connectivity index (χ0v) is 17.7. The van der Waals surface area contributed by atoms with Gasteiger partial charge in [0, 0.05) is 0 Å². The highest BCUT2D eigenvalue weighted by Gasteiger charge is 2.32. The lowest BCUT2D eigenvalue weighted by atomic mass is 9.99. The van der Waals surface area contributed by atoms with Crippen LogP contribution in [0.5, 0.6) is 0 Å². The van der Waals surface area contributed by atoms with Crippen LogP contribution >= 0.6 is 0 Å². The van der Waals surface area contributed by atoms with Gasteiger partial charge in [-0.3, -0.25) is 9.59 Å². The number of allylic oxidation sites excluding steroid dienone is 2.